The number of carbonyl (C=O) groups is 3. The third kappa shape index (κ3) is 5.55. The first-order valence-corrected chi connectivity index (χ1v) is 9.98. The van der Waals surface area contributed by atoms with Gasteiger partial charge in [-0.1, -0.05) is 6.92 Å². The zero-order valence-electron chi connectivity index (χ0n) is 16.7. The van der Waals surface area contributed by atoms with Crippen LogP contribution in [0.1, 0.15) is 56.8 Å². The number of hydrogen-bond acceptors (Lipinski definition) is 3. The molecular weight excluding hydrogens is 342 g/mol. The molecule has 0 aromatic heterocycles. The summed E-state index contributed by atoms with van der Waals surface area (Å²) in [7, 11) is 0. The molecule has 148 valence electrons. The van der Waals surface area contributed by atoms with Crippen LogP contribution < -0.4 is 5.32 Å². The second-order valence-electron chi connectivity index (χ2n) is 6.97. The molecule has 0 saturated carbocycles. The Labute approximate surface area is 161 Å². The summed E-state index contributed by atoms with van der Waals surface area (Å²) in [5.74, 6) is -0.118. The summed E-state index contributed by atoms with van der Waals surface area (Å²) in [4.78, 5) is 40.6. The number of carbonyl (C=O) groups excluding carboxylic acids is 3. The molecule has 1 aromatic rings. The fourth-order valence-electron chi connectivity index (χ4n) is 3.42. The van der Waals surface area contributed by atoms with Crippen molar-refractivity contribution in [2.45, 2.75) is 46.5 Å². The summed E-state index contributed by atoms with van der Waals surface area (Å²) in [6.45, 7) is 8.46. The van der Waals surface area contributed by atoms with E-state index in [4.69, 9.17) is 0 Å². The minimum absolute atomic E-state index is 0.00441. The predicted molar refractivity (Wildman–Crippen MR) is 107 cm³/mol. The predicted octanol–water partition coefficient (Wildman–Crippen LogP) is 3.15. The first-order valence-electron chi connectivity index (χ1n) is 9.98. The number of anilines is 1. The minimum atomic E-state index is -0.184. The molecule has 0 radical (unpaired) electrons. The summed E-state index contributed by atoms with van der Waals surface area (Å²) >= 11 is 0. The third-order valence-corrected chi connectivity index (χ3v) is 5.06. The highest BCUT2D eigenvalue weighted by atomic mass is 16.2. The number of benzene rings is 1. The number of likely N-dealkylation sites (tertiary alicyclic amines) is 1. The summed E-state index contributed by atoms with van der Waals surface area (Å²) < 4.78 is 0. The van der Waals surface area contributed by atoms with Crippen molar-refractivity contribution in [3.63, 3.8) is 0 Å². The van der Waals surface area contributed by atoms with Gasteiger partial charge in [0, 0.05) is 43.9 Å². The van der Waals surface area contributed by atoms with Crippen LogP contribution in [-0.2, 0) is 9.59 Å². The Morgan fingerprint density at radius 2 is 1.78 bits per heavy atom. The molecule has 3 amide bonds. The fourth-order valence-corrected chi connectivity index (χ4v) is 3.42. The molecule has 1 aliphatic heterocycles. The second-order valence-corrected chi connectivity index (χ2v) is 6.97. The Balaban J connectivity index is 1.95. The van der Waals surface area contributed by atoms with E-state index in [2.05, 4.69) is 5.32 Å². The molecule has 0 aliphatic carbocycles. The maximum absolute atomic E-state index is 12.6. The topological polar surface area (TPSA) is 69.7 Å². The van der Waals surface area contributed by atoms with Gasteiger partial charge in [-0.25, -0.2) is 0 Å². The molecule has 6 heteroatoms. The van der Waals surface area contributed by atoms with E-state index in [1.54, 1.807) is 29.2 Å². The van der Waals surface area contributed by atoms with E-state index in [9.17, 15) is 14.4 Å². The molecule has 1 unspecified atom stereocenters. The summed E-state index contributed by atoms with van der Waals surface area (Å²) in [6.07, 6.45) is 3.01. The van der Waals surface area contributed by atoms with Gasteiger partial charge in [-0.3, -0.25) is 14.4 Å². The van der Waals surface area contributed by atoms with Crippen LogP contribution in [-0.4, -0.2) is 53.7 Å². The summed E-state index contributed by atoms with van der Waals surface area (Å²) in [6, 6.07) is 7.01. The van der Waals surface area contributed by atoms with Crippen molar-refractivity contribution >= 4 is 23.4 Å². The van der Waals surface area contributed by atoms with Gasteiger partial charge < -0.3 is 15.1 Å². The molecular formula is C21H31N3O3. The second kappa shape index (κ2) is 10.1. The molecule has 1 saturated heterocycles. The van der Waals surface area contributed by atoms with Crippen molar-refractivity contribution in [3.05, 3.63) is 29.8 Å². The van der Waals surface area contributed by atoms with Gasteiger partial charge >= 0.3 is 0 Å². The van der Waals surface area contributed by atoms with Gasteiger partial charge in [0.15, 0.2) is 0 Å². The van der Waals surface area contributed by atoms with Gasteiger partial charge in [-0.15, -0.1) is 0 Å². The van der Waals surface area contributed by atoms with Gasteiger partial charge in [0.2, 0.25) is 11.8 Å². The number of nitrogens with one attached hydrogen (secondary N) is 1. The Morgan fingerprint density at radius 1 is 1.11 bits per heavy atom. The van der Waals surface area contributed by atoms with Crippen LogP contribution >= 0.6 is 0 Å². The molecule has 2 rings (SSSR count). The highest BCUT2D eigenvalue weighted by Gasteiger charge is 2.28. The van der Waals surface area contributed by atoms with Crippen LogP contribution in [0.4, 0.5) is 5.69 Å². The van der Waals surface area contributed by atoms with Gasteiger partial charge in [0.05, 0.1) is 5.92 Å². The molecule has 1 aliphatic rings. The molecule has 1 N–H and O–H groups in total. The van der Waals surface area contributed by atoms with E-state index >= 15 is 0 Å². The van der Waals surface area contributed by atoms with Crippen molar-refractivity contribution in [1.82, 2.24) is 9.80 Å². The SMILES string of the molecule is CCCC(=O)N1CCCC(C(=O)Nc2ccc(C(=O)N(CC)CC)cc2)C1. The van der Waals surface area contributed by atoms with E-state index < -0.39 is 0 Å². The molecule has 1 fully saturated rings. The third-order valence-electron chi connectivity index (χ3n) is 5.06. The van der Waals surface area contributed by atoms with Crippen LogP contribution in [0.15, 0.2) is 24.3 Å². The molecule has 0 spiro atoms. The smallest absolute Gasteiger partial charge is 0.253 e. The number of amides is 3. The zero-order chi connectivity index (χ0) is 19.8. The van der Waals surface area contributed by atoms with E-state index in [0.29, 0.717) is 37.3 Å². The average Bonchev–Trinajstić information content (AvgIpc) is 2.69. The van der Waals surface area contributed by atoms with Crippen molar-refractivity contribution in [2.24, 2.45) is 5.92 Å². The zero-order valence-corrected chi connectivity index (χ0v) is 16.7. The molecule has 0 bridgehead atoms. The quantitative estimate of drug-likeness (QED) is 0.798. The Kier molecular flexibility index (Phi) is 7.82. The van der Waals surface area contributed by atoms with Crippen molar-refractivity contribution in [2.75, 3.05) is 31.5 Å². The monoisotopic (exact) mass is 373 g/mol. The minimum Gasteiger partial charge on any atom is -0.342 e. The molecule has 6 nitrogen and oxygen atoms in total. The lowest BCUT2D eigenvalue weighted by Crippen LogP contribution is -2.43. The highest BCUT2D eigenvalue weighted by molar-refractivity contribution is 5.96. The van der Waals surface area contributed by atoms with Gasteiger partial charge in [-0.05, 0) is 57.4 Å². The molecule has 1 aromatic carbocycles. The van der Waals surface area contributed by atoms with Crippen LogP contribution in [0.3, 0.4) is 0 Å². The fraction of sp³-hybridized carbons (Fsp3) is 0.571. The van der Waals surface area contributed by atoms with Gasteiger partial charge in [0.1, 0.15) is 0 Å². The van der Waals surface area contributed by atoms with Gasteiger partial charge in [-0.2, -0.15) is 0 Å². The molecule has 1 atom stereocenters. The lowest BCUT2D eigenvalue weighted by Gasteiger charge is -2.32. The van der Waals surface area contributed by atoms with E-state index in [0.717, 1.165) is 25.8 Å². The highest BCUT2D eigenvalue weighted by Crippen LogP contribution is 2.20. The Hall–Kier alpha value is -2.37. The standard InChI is InChI=1S/C21H31N3O3/c1-4-8-19(25)24-14-7-9-17(15-24)20(26)22-18-12-10-16(11-13-18)21(27)23(5-2)6-3/h10-13,17H,4-9,14-15H2,1-3H3,(H,22,26). The maximum atomic E-state index is 12.6. The average molecular weight is 373 g/mol. The van der Waals surface area contributed by atoms with Crippen molar-refractivity contribution < 1.29 is 14.4 Å². The molecule has 1 heterocycles. The van der Waals surface area contributed by atoms with E-state index in [1.807, 2.05) is 25.7 Å². The van der Waals surface area contributed by atoms with Crippen LogP contribution in [0.2, 0.25) is 0 Å². The normalized spacial score (nSPS) is 16.7. The first-order chi connectivity index (χ1) is 13.0. The van der Waals surface area contributed by atoms with E-state index in [1.165, 1.54) is 0 Å². The van der Waals surface area contributed by atoms with Crippen LogP contribution in [0.5, 0.6) is 0 Å². The lowest BCUT2D eigenvalue weighted by molar-refractivity contribution is -0.134. The number of rotatable bonds is 7. The maximum Gasteiger partial charge on any atom is 0.253 e. The summed E-state index contributed by atoms with van der Waals surface area (Å²) in [5.41, 5.74) is 1.29. The number of piperidine rings is 1. The number of hydrogen-bond donors (Lipinski definition) is 1. The summed E-state index contributed by atoms with van der Waals surface area (Å²) in [5, 5.41) is 2.92. The van der Waals surface area contributed by atoms with Crippen LogP contribution in [0.25, 0.3) is 0 Å². The first kappa shape index (κ1) is 20.9. The Morgan fingerprint density at radius 3 is 2.37 bits per heavy atom. The van der Waals surface area contributed by atoms with Crippen LogP contribution in [0, 0.1) is 5.92 Å². The lowest BCUT2D eigenvalue weighted by atomic mass is 9.96. The Bertz CT molecular complexity index is 653. The number of nitrogens with zero attached hydrogens (tertiary/aromatic N) is 2. The van der Waals surface area contributed by atoms with Crippen molar-refractivity contribution in [3.8, 4) is 0 Å². The van der Waals surface area contributed by atoms with E-state index in [-0.39, 0.29) is 23.6 Å². The van der Waals surface area contributed by atoms with Crippen molar-refractivity contribution in [1.29, 1.82) is 0 Å². The molecule has 27 heavy (non-hydrogen) atoms. The largest absolute Gasteiger partial charge is 0.342 e. The van der Waals surface area contributed by atoms with Gasteiger partial charge in [0.25, 0.3) is 5.91 Å².